The Kier molecular flexibility index (Phi) is 3.79. The first-order valence-electron chi connectivity index (χ1n) is 5.90. The van der Waals surface area contributed by atoms with Crippen LogP contribution in [0.5, 0.6) is 0 Å². The van der Waals surface area contributed by atoms with Crippen molar-refractivity contribution in [3.8, 4) is 0 Å². The van der Waals surface area contributed by atoms with Gasteiger partial charge < -0.3 is 16.3 Å². The van der Waals surface area contributed by atoms with Gasteiger partial charge in [0.2, 0.25) is 0 Å². The molecule has 94 valence electrons. The Morgan fingerprint density at radius 2 is 2.00 bits per heavy atom. The van der Waals surface area contributed by atoms with Crippen LogP contribution < -0.4 is 11.1 Å². The summed E-state index contributed by atoms with van der Waals surface area (Å²) in [5.74, 6) is 0.190. The Morgan fingerprint density at radius 1 is 1.28 bits per heavy atom. The molecule has 1 atom stereocenters. The van der Waals surface area contributed by atoms with Crippen molar-refractivity contribution in [3.05, 3.63) is 48.0 Å². The van der Waals surface area contributed by atoms with E-state index >= 15 is 0 Å². The molecule has 0 heterocycles. The van der Waals surface area contributed by atoms with Crippen LogP contribution in [-0.4, -0.2) is 17.1 Å². The van der Waals surface area contributed by atoms with Crippen LogP contribution in [0.25, 0.3) is 10.8 Å². The van der Waals surface area contributed by atoms with Gasteiger partial charge in [0, 0.05) is 6.54 Å². The molecule has 2 aromatic rings. The standard InChI is InChI=1S/C14H17N3O/c1-10(14(15)17-18)16-9-12-7-4-6-11-5-2-3-8-13(11)12/h2-8,10,16,18H,9H2,1H3,(H2,15,17). The molecule has 0 aromatic heterocycles. The molecule has 0 aliphatic rings. The van der Waals surface area contributed by atoms with Crippen LogP contribution in [0.1, 0.15) is 12.5 Å². The van der Waals surface area contributed by atoms with E-state index in [1.54, 1.807) is 0 Å². The molecule has 1 unspecified atom stereocenters. The first-order valence-corrected chi connectivity index (χ1v) is 5.90. The molecule has 0 aliphatic heterocycles. The zero-order valence-corrected chi connectivity index (χ0v) is 10.3. The van der Waals surface area contributed by atoms with Crippen molar-refractivity contribution in [2.75, 3.05) is 0 Å². The van der Waals surface area contributed by atoms with Crippen LogP contribution in [-0.2, 0) is 6.54 Å². The van der Waals surface area contributed by atoms with E-state index in [1.165, 1.54) is 16.3 Å². The lowest BCUT2D eigenvalue weighted by Crippen LogP contribution is -2.38. The summed E-state index contributed by atoms with van der Waals surface area (Å²) in [6.45, 7) is 2.54. The predicted molar refractivity (Wildman–Crippen MR) is 73.7 cm³/mol. The molecule has 4 N–H and O–H groups in total. The van der Waals surface area contributed by atoms with Gasteiger partial charge in [-0.25, -0.2) is 0 Å². The van der Waals surface area contributed by atoms with Crippen LogP contribution in [0.15, 0.2) is 47.6 Å². The number of nitrogens with zero attached hydrogens (tertiary/aromatic N) is 1. The van der Waals surface area contributed by atoms with Crippen molar-refractivity contribution in [2.45, 2.75) is 19.5 Å². The minimum Gasteiger partial charge on any atom is -0.409 e. The highest BCUT2D eigenvalue weighted by Gasteiger charge is 2.07. The summed E-state index contributed by atoms with van der Waals surface area (Å²) in [6.07, 6.45) is 0. The molecular weight excluding hydrogens is 226 g/mol. The second-order valence-electron chi connectivity index (χ2n) is 4.27. The molecule has 0 amide bonds. The number of benzene rings is 2. The third-order valence-electron chi connectivity index (χ3n) is 3.04. The maximum atomic E-state index is 8.60. The maximum absolute atomic E-state index is 8.60. The summed E-state index contributed by atoms with van der Waals surface area (Å²) >= 11 is 0. The third kappa shape index (κ3) is 2.60. The van der Waals surface area contributed by atoms with Gasteiger partial charge in [-0.3, -0.25) is 0 Å². The molecule has 4 nitrogen and oxygen atoms in total. The molecule has 0 saturated heterocycles. The SMILES string of the molecule is CC(NCc1cccc2ccccc12)C(N)=NO. The zero-order valence-electron chi connectivity index (χ0n) is 10.3. The Morgan fingerprint density at radius 3 is 2.78 bits per heavy atom. The fraction of sp³-hybridized carbons (Fsp3) is 0.214. The molecule has 2 aromatic carbocycles. The minimum absolute atomic E-state index is 0.158. The topological polar surface area (TPSA) is 70.6 Å². The van der Waals surface area contributed by atoms with Crippen LogP contribution in [0.2, 0.25) is 0 Å². The smallest absolute Gasteiger partial charge is 0.156 e. The largest absolute Gasteiger partial charge is 0.409 e. The van der Waals surface area contributed by atoms with E-state index in [1.807, 2.05) is 25.1 Å². The predicted octanol–water partition coefficient (Wildman–Crippen LogP) is 2.06. The first-order chi connectivity index (χ1) is 8.72. The number of oxime groups is 1. The van der Waals surface area contributed by atoms with Gasteiger partial charge in [0.05, 0.1) is 6.04 Å². The third-order valence-corrected chi connectivity index (χ3v) is 3.04. The lowest BCUT2D eigenvalue weighted by molar-refractivity contribution is 0.315. The van der Waals surface area contributed by atoms with Crippen molar-refractivity contribution in [1.82, 2.24) is 5.32 Å². The van der Waals surface area contributed by atoms with Crippen LogP contribution >= 0.6 is 0 Å². The van der Waals surface area contributed by atoms with Gasteiger partial charge in [-0.2, -0.15) is 0 Å². The molecule has 0 saturated carbocycles. The highest BCUT2D eigenvalue weighted by molar-refractivity contribution is 5.86. The fourth-order valence-electron chi connectivity index (χ4n) is 1.90. The van der Waals surface area contributed by atoms with E-state index in [2.05, 4.69) is 34.7 Å². The number of rotatable bonds is 4. The normalized spacial score (nSPS) is 13.7. The molecule has 18 heavy (non-hydrogen) atoms. The van der Waals surface area contributed by atoms with Crippen molar-refractivity contribution in [2.24, 2.45) is 10.9 Å². The number of fused-ring (bicyclic) bond motifs is 1. The van der Waals surface area contributed by atoms with Gasteiger partial charge in [-0.1, -0.05) is 47.6 Å². The summed E-state index contributed by atoms with van der Waals surface area (Å²) < 4.78 is 0. The number of hydrogen-bond acceptors (Lipinski definition) is 3. The van der Waals surface area contributed by atoms with Crippen molar-refractivity contribution >= 4 is 16.6 Å². The molecule has 4 heteroatoms. The monoisotopic (exact) mass is 243 g/mol. The van der Waals surface area contributed by atoms with Crippen LogP contribution in [0, 0.1) is 0 Å². The lowest BCUT2D eigenvalue weighted by Gasteiger charge is -2.13. The van der Waals surface area contributed by atoms with Gasteiger partial charge in [-0.15, -0.1) is 0 Å². The number of amidine groups is 1. The minimum atomic E-state index is -0.158. The van der Waals surface area contributed by atoms with E-state index in [0.717, 1.165) is 0 Å². The Labute approximate surface area is 106 Å². The Balaban J connectivity index is 2.17. The van der Waals surface area contributed by atoms with Crippen LogP contribution in [0.4, 0.5) is 0 Å². The van der Waals surface area contributed by atoms with Crippen molar-refractivity contribution in [3.63, 3.8) is 0 Å². The maximum Gasteiger partial charge on any atom is 0.156 e. The molecule has 0 radical (unpaired) electrons. The van der Waals surface area contributed by atoms with Gasteiger partial charge >= 0.3 is 0 Å². The summed E-state index contributed by atoms with van der Waals surface area (Å²) in [4.78, 5) is 0. The fourth-order valence-corrected chi connectivity index (χ4v) is 1.90. The van der Waals surface area contributed by atoms with E-state index in [4.69, 9.17) is 10.9 Å². The molecule has 0 spiro atoms. The number of nitrogens with one attached hydrogen (secondary N) is 1. The molecule has 0 bridgehead atoms. The van der Waals surface area contributed by atoms with Crippen molar-refractivity contribution < 1.29 is 5.21 Å². The number of nitrogens with two attached hydrogens (primary N) is 1. The van der Waals surface area contributed by atoms with Crippen molar-refractivity contribution in [1.29, 1.82) is 0 Å². The van der Waals surface area contributed by atoms with Crippen LogP contribution in [0.3, 0.4) is 0 Å². The summed E-state index contributed by atoms with van der Waals surface area (Å²) in [7, 11) is 0. The van der Waals surface area contributed by atoms with Gasteiger partial charge in [0.15, 0.2) is 5.84 Å². The summed E-state index contributed by atoms with van der Waals surface area (Å²) in [6, 6.07) is 14.3. The van der Waals surface area contributed by atoms with E-state index in [9.17, 15) is 0 Å². The average molecular weight is 243 g/mol. The van der Waals surface area contributed by atoms with E-state index < -0.39 is 0 Å². The lowest BCUT2D eigenvalue weighted by atomic mass is 10.0. The molecule has 2 rings (SSSR count). The summed E-state index contributed by atoms with van der Waals surface area (Å²) in [5.41, 5.74) is 6.73. The average Bonchev–Trinajstić information content (AvgIpc) is 2.43. The Bertz CT molecular complexity index is 560. The highest BCUT2D eigenvalue weighted by atomic mass is 16.4. The van der Waals surface area contributed by atoms with E-state index in [-0.39, 0.29) is 11.9 Å². The Hall–Kier alpha value is -2.07. The second kappa shape index (κ2) is 5.51. The zero-order chi connectivity index (χ0) is 13.0. The molecule has 0 aliphatic carbocycles. The number of hydrogen-bond donors (Lipinski definition) is 3. The van der Waals surface area contributed by atoms with E-state index in [0.29, 0.717) is 6.54 Å². The molecule has 0 fully saturated rings. The van der Waals surface area contributed by atoms with Gasteiger partial charge in [0.25, 0.3) is 0 Å². The quantitative estimate of drug-likeness (QED) is 0.333. The second-order valence-corrected chi connectivity index (χ2v) is 4.27. The first kappa shape index (κ1) is 12.4. The summed E-state index contributed by atoms with van der Waals surface area (Å²) in [5, 5.41) is 17.3. The highest BCUT2D eigenvalue weighted by Crippen LogP contribution is 2.18. The van der Waals surface area contributed by atoms with Gasteiger partial charge in [0.1, 0.15) is 0 Å². The molecular formula is C14H17N3O. The van der Waals surface area contributed by atoms with Gasteiger partial charge in [-0.05, 0) is 23.3 Å².